The van der Waals surface area contributed by atoms with Crippen molar-refractivity contribution in [3.05, 3.63) is 131 Å². The quantitative estimate of drug-likeness (QED) is 0.126. The van der Waals surface area contributed by atoms with Gasteiger partial charge in [0.1, 0.15) is 5.75 Å². The monoisotopic (exact) mass is 831 g/mol. The van der Waals surface area contributed by atoms with Gasteiger partial charge in [-0.05, 0) is 78.4 Å². The molecule has 5 atom stereocenters. The average molecular weight is 833 g/mol. The van der Waals surface area contributed by atoms with Gasteiger partial charge >= 0.3 is 0 Å². The molecule has 0 radical (unpaired) electrons. The van der Waals surface area contributed by atoms with Gasteiger partial charge in [0.25, 0.3) is 5.91 Å². The minimum atomic E-state index is -2.39. The fraction of sp³-hybridized carbons (Fsp3) is 0.404. The van der Waals surface area contributed by atoms with Crippen LogP contribution in [0.15, 0.2) is 103 Å². The minimum Gasteiger partial charge on any atom is -0.497 e. The first-order chi connectivity index (χ1) is 28.5. The third kappa shape index (κ3) is 7.74. The highest BCUT2D eigenvalue weighted by atomic mass is 35.5. The first-order valence-electron chi connectivity index (χ1n) is 20.9. The van der Waals surface area contributed by atoms with E-state index in [4.69, 9.17) is 21.1 Å². The second-order valence-electron chi connectivity index (χ2n) is 16.9. The molecule has 8 rings (SSSR count). The fourth-order valence-corrected chi connectivity index (χ4v) is 14.2. The number of methoxy groups -OCH3 is 1. The Labute approximate surface area is 353 Å². The number of benzene rings is 4. The number of fused-ring (bicyclic) bond motifs is 2. The van der Waals surface area contributed by atoms with E-state index in [0.717, 1.165) is 66.0 Å². The summed E-state index contributed by atoms with van der Waals surface area (Å²) in [6.45, 7) is 8.44. The van der Waals surface area contributed by atoms with Crippen LogP contribution in [0.25, 0.3) is 0 Å². The predicted molar refractivity (Wildman–Crippen MR) is 234 cm³/mol. The molecule has 1 aromatic heterocycles. The Bertz CT molecular complexity index is 2270. The van der Waals surface area contributed by atoms with Gasteiger partial charge in [-0.15, -0.1) is 5.10 Å². The Morgan fingerprint density at radius 2 is 1.71 bits per heavy atom. The molecule has 2 saturated heterocycles. The molecule has 308 valence electrons. The lowest BCUT2D eigenvalue weighted by molar-refractivity contribution is -0.146. The van der Waals surface area contributed by atoms with Crippen molar-refractivity contribution in [3.63, 3.8) is 0 Å². The zero-order chi connectivity index (χ0) is 41.3. The van der Waals surface area contributed by atoms with E-state index in [2.05, 4.69) is 42.5 Å². The molecule has 1 spiro atoms. The van der Waals surface area contributed by atoms with Crippen molar-refractivity contribution in [2.24, 2.45) is 5.92 Å². The van der Waals surface area contributed by atoms with Gasteiger partial charge < -0.3 is 24.4 Å². The summed E-state index contributed by atoms with van der Waals surface area (Å²) >= 11 is 6.77. The van der Waals surface area contributed by atoms with Gasteiger partial charge in [-0.1, -0.05) is 109 Å². The molecule has 2 amide bonds. The Morgan fingerprint density at radius 1 is 0.966 bits per heavy atom. The molecular weight excluding hydrogens is 778 g/mol. The first kappa shape index (κ1) is 40.9. The lowest BCUT2D eigenvalue weighted by atomic mass is 9.82. The summed E-state index contributed by atoms with van der Waals surface area (Å²) in [4.78, 5) is 32.1. The number of aryl methyl sites for hydroxylation is 1. The number of carbonyl (C=O) groups excluding carboxylic acids is 2. The van der Waals surface area contributed by atoms with Crippen LogP contribution in [0.2, 0.25) is 23.7 Å². The van der Waals surface area contributed by atoms with E-state index in [-0.39, 0.29) is 41.9 Å². The van der Waals surface area contributed by atoms with Gasteiger partial charge in [-0.3, -0.25) is 14.3 Å². The third-order valence-corrected chi connectivity index (χ3v) is 17.7. The number of carbonyl (C=O) groups is 2. The summed E-state index contributed by atoms with van der Waals surface area (Å²) in [5, 5.41) is 21.1. The molecule has 0 bridgehead atoms. The molecule has 3 aliphatic rings. The first-order valence-corrected chi connectivity index (χ1v) is 24.4. The standard InChI is InChI=1S/C47H54ClN5O5Si/c1-32-45(59(3,4)38-22-20-37(57-2)21-23-38)43(25-27-51-30-41(49-50-51)39(31-54)34-12-8-7-9-13-34)58-47(32)40-28-35(48)17-24-42(40)53(46(47)56)29-33-15-18-36(19-16-33)52-26-11-6-5-10-14-44(52)55/h7-9,12-13,15-24,28,30,32,39,43,45,54H,5-6,10-11,14,25-27,29,31H2,1-4H3/t32-,39?,43+,45-,47+/m1/s1. The molecule has 0 saturated carbocycles. The molecule has 4 heterocycles. The highest BCUT2D eigenvalue weighted by Gasteiger charge is 2.66. The van der Waals surface area contributed by atoms with Gasteiger partial charge in [-0.25, -0.2) is 0 Å². The van der Waals surface area contributed by atoms with E-state index in [1.54, 1.807) is 7.11 Å². The van der Waals surface area contributed by atoms with E-state index in [1.165, 1.54) is 5.19 Å². The Kier molecular flexibility index (Phi) is 11.8. The average Bonchev–Trinajstić information content (AvgIpc) is 3.90. The number of rotatable bonds is 12. The van der Waals surface area contributed by atoms with Gasteiger partial charge in [0.05, 0.1) is 51.7 Å². The smallest absolute Gasteiger partial charge is 0.264 e. The number of hydrogen-bond acceptors (Lipinski definition) is 7. The molecule has 4 aromatic carbocycles. The van der Waals surface area contributed by atoms with Gasteiger partial charge in [0.15, 0.2) is 5.60 Å². The van der Waals surface area contributed by atoms with Crippen molar-refractivity contribution in [1.29, 1.82) is 0 Å². The van der Waals surface area contributed by atoms with E-state index in [9.17, 15) is 9.90 Å². The van der Waals surface area contributed by atoms with Crippen LogP contribution >= 0.6 is 11.6 Å². The summed E-state index contributed by atoms with van der Waals surface area (Å²) in [6, 6.07) is 32.0. The van der Waals surface area contributed by atoms with Crippen LogP contribution in [-0.4, -0.2) is 66.4 Å². The minimum absolute atomic E-state index is 0.0266. The molecule has 5 aromatic rings. The van der Waals surface area contributed by atoms with Crippen LogP contribution in [0.5, 0.6) is 5.75 Å². The topological polar surface area (TPSA) is 110 Å². The number of hydrogen-bond donors (Lipinski definition) is 1. The molecule has 10 nitrogen and oxygen atoms in total. The number of halogens is 1. The Morgan fingerprint density at radius 3 is 2.44 bits per heavy atom. The van der Waals surface area contributed by atoms with Crippen molar-refractivity contribution in [1.82, 2.24) is 15.0 Å². The van der Waals surface area contributed by atoms with E-state index < -0.39 is 13.7 Å². The zero-order valence-corrected chi connectivity index (χ0v) is 36.1. The van der Waals surface area contributed by atoms with Crippen molar-refractivity contribution in [3.8, 4) is 5.75 Å². The molecule has 1 unspecified atom stereocenters. The molecular formula is C47H54ClN5O5Si. The maximum atomic E-state index is 15.4. The summed E-state index contributed by atoms with van der Waals surface area (Å²) < 4.78 is 14.7. The second-order valence-corrected chi connectivity index (χ2v) is 22.1. The number of aliphatic hydroxyl groups excluding tert-OH is 1. The Hall–Kier alpha value is -4.81. The van der Waals surface area contributed by atoms with Crippen molar-refractivity contribution < 1.29 is 24.2 Å². The maximum absolute atomic E-state index is 15.4. The van der Waals surface area contributed by atoms with E-state index >= 15 is 4.79 Å². The number of amides is 2. The van der Waals surface area contributed by atoms with Crippen molar-refractivity contribution >= 4 is 48.1 Å². The van der Waals surface area contributed by atoms with E-state index in [0.29, 0.717) is 36.6 Å². The SMILES string of the molecule is COc1ccc([Si](C)(C)[C@H]2[C@H](CCn3cc(C(CO)c4ccccc4)nn3)O[C@@]3(C(=O)N(Cc4ccc(N5CCCCCCC5=O)cc4)c4ccc(Cl)cc43)[C@@H]2C)cc1. The molecule has 59 heavy (non-hydrogen) atoms. The lowest BCUT2D eigenvalue weighted by Crippen LogP contribution is -2.51. The molecule has 3 aliphatic heterocycles. The number of aliphatic hydroxyl groups is 1. The van der Waals surface area contributed by atoms with Crippen LogP contribution in [-0.2, 0) is 33.0 Å². The fourth-order valence-electron chi connectivity index (χ4n) is 10.0. The van der Waals surface area contributed by atoms with Gasteiger partial charge in [0.2, 0.25) is 5.91 Å². The number of aromatic nitrogens is 3. The van der Waals surface area contributed by atoms with Crippen LogP contribution in [0, 0.1) is 5.92 Å². The molecule has 2 fully saturated rings. The highest BCUT2D eigenvalue weighted by Crippen LogP contribution is 2.60. The molecule has 12 heteroatoms. The maximum Gasteiger partial charge on any atom is 0.264 e. The summed E-state index contributed by atoms with van der Waals surface area (Å²) in [7, 11) is -0.718. The summed E-state index contributed by atoms with van der Waals surface area (Å²) in [6.07, 6.45) is 6.94. The second kappa shape index (κ2) is 17.0. The molecule has 1 N–H and O–H groups in total. The zero-order valence-electron chi connectivity index (χ0n) is 34.4. The lowest BCUT2D eigenvalue weighted by Gasteiger charge is -2.37. The van der Waals surface area contributed by atoms with Gasteiger partial charge in [-0.2, -0.15) is 0 Å². The summed E-state index contributed by atoms with van der Waals surface area (Å²) in [5.74, 6) is 0.394. The summed E-state index contributed by atoms with van der Waals surface area (Å²) in [5.41, 5.74) is 3.91. The normalized spacial score (nSPS) is 22.7. The predicted octanol–water partition coefficient (Wildman–Crippen LogP) is 8.21. The van der Waals surface area contributed by atoms with Crippen molar-refractivity contribution in [2.75, 3.05) is 30.1 Å². The number of nitrogens with zero attached hydrogens (tertiary/aromatic N) is 5. The van der Waals surface area contributed by atoms with E-state index in [1.807, 2.05) is 106 Å². The number of anilines is 2. The van der Waals surface area contributed by atoms with Crippen molar-refractivity contribution in [2.45, 2.75) is 94.8 Å². The van der Waals surface area contributed by atoms with Crippen LogP contribution in [0.4, 0.5) is 11.4 Å². The van der Waals surface area contributed by atoms with Crippen LogP contribution in [0.1, 0.15) is 73.8 Å². The van der Waals surface area contributed by atoms with Gasteiger partial charge in [0, 0.05) is 47.9 Å². The largest absolute Gasteiger partial charge is 0.497 e. The number of ether oxygens (including phenoxy) is 2. The third-order valence-electron chi connectivity index (χ3n) is 13.2. The Balaban J connectivity index is 1.11. The van der Waals surface area contributed by atoms with Crippen LogP contribution < -0.4 is 19.7 Å². The van der Waals surface area contributed by atoms with Crippen LogP contribution in [0.3, 0.4) is 0 Å². The highest BCUT2D eigenvalue weighted by molar-refractivity contribution is 6.91. The molecule has 0 aliphatic carbocycles.